The number of aromatic nitrogens is 5. The third-order valence-electron chi connectivity index (χ3n) is 4.39. The van der Waals surface area contributed by atoms with Gasteiger partial charge in [-0.25, -0.2) is 9.97 Å². The first-order valence-corrected chi connectivity index (χ1v) is 9.37. The van der Waals surface area contributed by atoms with Gasteiger partial charge in [0.2, 0.25) is 0 Å². The molecular formula is C21H20N6O3. The largest absolute Gasteiger partial charge is 0.463 e. The van der Waals surface area contributed by atoms with Crippen LogP contribution in [0.5, 0.6) is 0 Å². The molecule has 1 amide bonds. The van der Waals surface area contributed by atoms with Crippen LogP contribution in [0.1, 0.15) is 21.7 Å². The highest BCUT2D eigenvalue weighted by atomic mass is 16.5. The number of hydrogen-bond acceptors (Lipinski definition) is 7. The number of furan rings is 1. The number of ether oxygens (including phenoxy) is 1. The molecule has 152 valence electrons. The van der Waals surface area contributed by atoms with Crippen molar-refractivity contribution in [3.63, 3.8) is 0 Å². The van der Waals surface area contributed by atoms with Gasteiger partial charge in [-0.05, 0) is 30.3 Å². The van der Waals surface area contributed by atoms with Crippen LogP contribution in [-0.4, -0.2) is 44.3 Å². The Morgan fingerprint density at radius 1 is 1.17 bits per heavy atom. The summed E-state index contributed by atoms with van der Waals surface area (Å²) in [5.74, 6) is 0.696. The number of rotatable bonds is 8. The monoisotopic (exact) mass is 404 g/mol. The van der Waals surface area contributed by atoms with E-state index in [1.165, 1.54) is 10.9 Å². The van der Waals surface area contributed by atoms with Gasteiger partial charge in [0.05, 0.1) is 30.3 Å². The topological polar surface area (TPSA) is 108 Å². The van der Waals surface area contributed by atoms with Crippen molar-refractivity contribution in [2.45, 2.75) is 13.0 Å². The normalized spacial score (nSPS) is 10.8. The fourth-order valence-corrected chi connectivity index (χ4v) is 2.97. The van der Waals surface area contributed by atoms with Crippen molar-refractivity contribution < 1.29 is 13.9 Å². The van der Waals surface area contributed by atoms with Gasteiger partial charge in [-0.3, -0.25) is 9.78 Å². The van der Waals surface area contributed by atoms with Crippen LogP contribution in [0.25, 0.3) is 17.4 Å². The summed E-state index contributed by atoms with van der Waals surface area (Å²) in [5, 5.41) is 7.22. The Kier molecular flexibility index (Phi) is 5.90. The summed E-state index contributed by atoms with van der Waals surface area (Å²) >= 11 is 0. The van der Waals surface area contributed by atoms with E-state index in [1.54, 1.807) is 37.9 Å². The van der Waals surface area contributed by atoms with E-state index in [0.717, 1.165) is 5.69 Å². The highest BCUT2D eigenvalue weighted by Crippen LogP contribution is 2.19. The summed E-state index contributed by atoms with van der Waals surface area (Å²) in [6, 6.07) is 11.0. The number of methoxy groups -OCH3 is 1. The van der Waals surface area contributed by atoms with Crippen LogP contribution in [0, 0.1) is 0 Å². The molecule has 4 heterocycles. The van der Waals surface area contributed by atoms with Crippen LogP contribution in [-0.2, 0) is 17.8 Å². The second-order valence-corrected chi connectivity index (χ2v) is 6.40. The second-order valence-electron chi connectivity index (χ2n) is 6.40. The summed E-state index contributed by atoms with van der Waals surface area (Å²) < 4.78 is 12.2. The lowest BCUT2D eigenvalue weighted by Crippen LogP contribution is -2.27. The zero-order valence-corrected chi connectivity index (χ0v) is 16.4. The highest BCUT2D eigenvalue weighted by Gasteiger charge is 2.20. The van der Waals surface area contributed by atoms with Crippen molar-refractivity contribution in [1.82, 2.24) is 30.0 Å². The highest BCUT2D eigenvalue weighted by molar-refractivity contribution is 5.95. The molecule has 0 unspecified atom stereocenters. The molecule has 0 aliphatic carbocycles. The zero-order valence-electron chi connectivity index (χ0n) is 16.4. The van der Waals surface area contributed by atoms with Crippen molar-refractivity contribution in [2.75, 3.05) is 13.7 Å². The average molecular weight is 404 g/mol. The molecule has 4 aromatic rings. The van der Waals surface area contributed by atoms with Crippen molar-refractivity contribution in [2.24, 2.45) is 0 Å². The number of carbonyl (C=O) groups is 1. The lowest BCUT2D eigenvalue weighted by molar-refractivity contribution is 0.0948. The van der Waals surface area contributed by atoms with Gasteiger partial charge in [-0.15, -0.1) is 0 Å². The molecule has 0 saturated carbocycles. The maximum absolute atomic E-state index is 12.7. The standard InChI is InChI=1S/C21H20N6O3/c1-29-14-18-16(20(28)23-10-7-15-5-2-3-9-22-15)13-25-27(18)21-24-11-8-17(26-21)19-6-4-12-30-19/h2-6,8-9,11-13H,7,10,14H2,1H3,(H,23,28). The van der Waals surface area contributed by atoms with E-state index in [-0.39, 0.29) is 12.5 Å². The lowest BCUT2D eigenvalue weighted by Gasteiger charge is -2.09. The van der Waals surface area contributed by atoms with E-state index in [9.17, 15) is 4.79 Å². The fourth-order valence-electron chi connectivity index (χ4n) is 2.97. The molecule has 0 fully saturated rings. The van der Waals surface area contributed by atoms with Gasteiger partial charge in [0, 0.05) is 38.2 Å². The van der Waals surface area contributed by atoms with Gasteiger partial charge in [0.1, 0.15) is 5.69 Å². The molecule has 0 bridgehead atoms. The molecule has 1 N–H and O–H groups in total. The first kappa shape index (κ1) is 19.5. The van der Waals surface area contributed by atoms with Crippen LogP contribution >= 0.6 is 0 Å². The smallest absolute Gasteiger partial charge is 0.254 e. The molecule has 0 radical (unpaired) electrons. The molecule has 30 heavy (non-hydrogen) atoms. The lowest BCUT2D eigenvalue weighted by atomic mass is 10.2. The van der Waals surface area contributed by atoms with Crippen molar-refractivity contribution in [1.29, 1.82) is 0 Å². The molecule has 0 spiro atoms. The molecule has 0 saturated heterocycles. The van der Waals surface area contributed by atoms with Gasteiger partial charge in [0.25, 0.3) is 11.9 Å². The molecule has 4 aromatic heterocycles. The SMILES string of the molecule is COCc1c(C(=O)NCCc2ccccn2)cnn1-c1nccc(-c2ccco2)n1. The minimum absolute atomic E-state index is 0.178. The number of hydrogen-bond donors (Lipinski definition) is 1. The van der Waals surface area contributed by atoms with Gasteiger partial charge in [-0.1, -0.05) is 6.07 Å². The first-order chi connectivity index (χ1) is 14.8. The second kappa shape index (κ2) is 9.10. The first-order valence-electron chi connectivity index (χ1n) is 9.37. The predicted molar refractivity (Wildman–Crippen MR) is 108 cm³/mol. The molecule has 9 nitrogen and oxygen atoms in total. The molecule has 0 aliphatic rings. The van der Waals surface area contributed by atoms with E-state index < -0.39 is 0 Å². The van der Waals surface area contributed by atoms with Gasteiger partial charge in [-0.2, -0.15) is 9.78 Å². The van der Waals surface area contributed by atoms with Gasteiger partial charge >= 0.3 is 0 Å². The molecule has 4 rings (SSSR count). The molecule has 0 aliphatic heterocycles. The average Bonchev–Trinajstić information content (AvgIpc) is 3.45. The van der Waals surface area contributed by atoms with E-state index in [2.05, 4.69) is 25.4 Å². The number of carbonyl (C=O) groups excluding carboxylic acids is 1. The van der Waals surface area contributed by atoms with E-state index >= 15 is 0 Å². The maximum Gasteiger partial charge on any atom is 0.254 e. The zero-order chi connectivity index (χ0) is 20.8. The Hall–Kier alpha value is -3.85. The summed E-state index contributed by atoms with van der Waals surface area (Å²) in [4.78, 5) is 25.8. The number of amides is 1. The minimum Gasteiger partial charge on any atom is -0.463 e. The Balaban J connectivity index is 1.54. The van der Waals surface area contributed by atoms with Crippen molar-refractivity contribution >= 4 is 5.91 Å². The van der Waals surface area contributed by atoms with Gasteiger partial charge < -0.3 is 14.5 Å². The van der Waals surface area contributed by atoms with Crippen LogP contribution in [0.3, 0.4) is 0 Å². The summed E-state index contributed by atoms with van der Waals surface area (Å²) in [6.07, 6.45) is 7.05. The van der Waals surface area contributed by atoms with E-state index in [1.807, 2.05) is 24.3 Å². The summed E-state index contributed by atoms with van der Waals surface area (Å²) in [6.45, 7) is 0.634. The molecule has 9 heteroatoms. The minimum atomic E-state index is -0.244. The van der Waals surface area contributed by atoms with Crippen LogP contribution in [0.4, 0.5) is 0 Å². The van der Waals surface area contributed by atoms with E-state index in [0.29, 0.717) is 41.6 Å². The quantitative estimate of drug-likeness (QED) is 0.480. The van der Waals surface area contributed by atoms with Gasteiger partial charge in [0.15, 0.2) is 5.76 Å². The van der Waals surface area contributed by atoms with Crippen LogP contribution < -0.4 is 5.32 Å². The summed E-state index contributed by atoms with van der Waals surface area (Å²) in [7, 11) is 1.56. The van der Waals surface area contributed by atoms with Crippen molar-refractivity contribution in [3.8, 4) is 17.4 Å². The van der Waals surface area contributed by atoms with Crippen molar-refractivity contribution in [3.05, 3.63) is 78.2 Å². The fraction of sp³-hybridized carbons (Fsp3) is 0.190. The predicted octanol–water partition coefficient (Wildman–Crippen LogP) is 2.44. The molecule has 0 aromatic carbocycles. The number of nitrogens with one attached hydrogen (secondary N) is 1. The maximum atomic E-state index is 12.7. The van der Waals surface area contributed by atoms with Crippen LogP contribution in [0.15, 0.2) is 65.7 Å². The summed E-state index contributed by atoms with van der Waals surface area (Å²) in [5.41, 5.74) is 2.49. The molecular weight excluding hydrogens is 384 g/mol. The third-order valence-corrected chi connectivity index (χ3v) is 4.39. The Labute approximate surface area is 172 Å². The number of pyridine rings is 1. The third kappa shape index (κ3) is 4.26. The Morgan fingerprint density at radius 2 is 2.10 bits per heavy atom. The number of nitrogens with zero attached hydrogens (tertiary/aromatic N) is 5. The Bertz CT molecular complexity index is 1110. The van der Waals surface area contributed by atoms with Crippen LogP contribution in [0.2, 0.25) is 0 Å². The molecule has 0 atom stereocenters. The Morgan fingerprint density at radius 3 is 2.87 bits per heavy atom. The van der Waals surface area contributed by atoms with E-state index in [4.69, 9.17) is 9.15 Å².